The van der Waals surface area contributed by atoms with Gasteiger partial charge in [0.05, 0.1) is 12.3 Å². The number of hydrogen-bond acceptors (Lipinski definition) is 4. The molecule has 2 aromatic heterocycles. The molecule has 23 heavy (non-hydrogen) atoms. The Bertz CT molecular complexity index is 782. The number of hydrogen-bond donors (Lipinski definition) is 2. The predicted molar refractivity (Wildman–Crippen MR) is 90.9 cm³/mol. The van der Waals surface area contributed by atoms with Gasteiger partial charge >= 0.3 is 0 Å². The smallest absolute Gasteiger partial charge is 0.264 e. The first-order chi connectivity index (χ1) is 11.2. The summed E-state index contributed by atoms with van der Waals surface area (Å²) in [6.07, 6.45) is 3.79. The number of nitrogens with one attached hydrogen (secondary N) is 1. The van der Waals surface area contributed by atoms with Gasteiger partial charge in [-0.2, -0.15) is 0 Å². The molecule has 1 atom stereocenters. The molecule has 0 saturated heterocycles. The van der Waals surface area contributed by atoms with Crippen LogP contribution in [-0.4, -0.2) is 33.2 Å². The maximum Gasteiger partial charge on any atom is 0.264 e. The number of rotatable bonds is 5. The highest BCUT2D eigenvalue weighted by atomic mass is 32.1. The highest BCUT2D eigenvalue weighted by Gasteiger charge is 2.21. The average Bonchev–Trinajstić information content (AvgIpc) is 3.24. The van der Waals surface area contributed by atoms with Gasteiger partial charge in [0.2, 0.25) is 0 Å². The molecule has 2 N–H and O–H groups in total. The molecule has 2 heterocycles. The number of amides is 1. The van der Waals surface area contributed by atoms with Gasteiger partial charge in [0.1, 0.15) is 4.88 Å². The summed E-state index contributed by atoms with van der Waals surface area (Å²) >= 11 is 1.33. The number of aliphatic hydroxyl groups is 1. The Hall–Kier alpha value is -2.44. The molecule has 0 aliphatic heterocycles. The monoisotopic (exact) mass is 327 g/mol. The third kappa shape index (κ3) is 3.33. The van der Waals surface area contributed by atoms with E-state index in [9.17, 15) is 4.79 Å². The average molecular weight is 327 g/mol. The van der Waals surface area contributed by atoms with Gasteiger partial charge in [-0.3, -0.25) is 4.79 Å². The summed E-state index contributed by atoms with van der Waals surface area (Å²) in [5.74, 6) is -0.221. The lowest BCUT2D eigenvalue weighted by Crippen LogP contribution is -2.34. The Balaban J connectivity index is 2.04. The fourth-order valence-corrected chi connectivity index (χ4v) is 3.12. The van der Waals surface area contributed by atoms with E-state index in [4.69, 9.17) is 5.11 Å². The number of thiazole rings is 1. The van der Waals surface area contributed by atoms with Crippen LogP contribution in [0.4, 0.5) is 0 Å². The maximum absolute atomic E-state index is 12.5. The van der Waals surface area contributed by atoms with Gasteiger partial charge in [0.25, 0.3) is 5.91 Å². The summed E-state index contributed by atoms with van der Waals surface area (Å²) in [4.78, 5) is 17.7. The fourth-order valence-electron chi connectivity index (χ4n) is 2.16. The maximum atomic E-state index is 12.5. The Labute approximate surface area is 138 Å². The molecule has 0 aliphatic rings. The predicted octanol–water partition coefficient (Wildman–Crippen LogP) is 2.71. The van der Waals surface area contributed by atoms with Crippen LogP contribution in [0.1, 0.15) is 16.6 Å². The van der Waals surface area contributed by atoms with Crippen molar-refractivity contribution in [3.05, 3.63) is 59.7 Å². The van der Waals surface area contributed by atoms with Crippen LogP contribution in [0.3, 0.4) is 0 Å². The lowest BCUT2D eigenvalue weighted by atomic mass is 10.1. The van der Waals surface area contributed by atoms with Crippen molar-refractivity contribution in [2.75, 3.05) is 6.61 Å². The zero-order valence-corrected chi connectivity index (χ0v) is 13.5. The Morgan fingerprint density at radius 3 is 2.61 bits per heavy atom. The van der Waals surface area contributed by atoms with Crippen molar-refractivity contribution >= 4 is 17.2 Å². The minimum absolute atomic E-state index is 0.102. The first kappa shape index (κ1) is 15.5. The van der Waals surface area contributed by atoms with E-state index in [-0.39, 0.29) is 18.6 Å². The number of carbonyl (C=O) groups excluding carboxylic acids is 1. The largest absolute Gasteiger partial charge is 0.394 e. The van der Waals surface area contributed by atoms with Crippen molar-refractivity contribution in [1.82, 2.24) is 14.9 Å². The number of carbonyl (C=O) groups is 1. The molecule has 0 saturated carbocycles. The summed E-state index contributed by atoms with van der Waals surface area (Å²) in [5, 5.41) is 12.7. The van der Waals surface area contributed by atoms with Gasteiger partial charge in [-0.05, 0) is 19.1 Å². The van der Waals surface area contributed by atoms with Crippen LogP contribution in [0.15, 0.2) is 54.9 Å². The molecule has 5 nitrogen and oxygen atoms in total. The molecule has 6 heteroatoms. The zero-order valence-electron chi connectivity index (χ0n) is 12.6. The summed E-state index contributed by atoms with van der Waals surface area (Å²) in [7, 11) is 0. The lowest BCUT2D eigenvalue weighted by Gasteiger charge is -2.10. The number of nitrogens with zero attached hydrogens (tertiary/aromatic N) is 2. The normalized spacial score (nSPS) is 12.1. The van der Waals surface area contributed by atoms with Crippen LogP contribution >= 0.6 is 11.3 Å². The molecule has 0 aliphatic carbocycles. The molecule has 1 amide bonds. The van der Waals surface area contributed by atoms with Crippen LogP contribution in [-0.2, 0) is 0 Å². The highest BCUT2D eigenvalue weighted by Crippen LogP contribution is 2.30. The molecule has 3 aromatic rings. The van der Waals surface area contributed by atoms with E-state index in [0.717, 1.165) is 10.7 Å². The molecular formula is C17H17N3O2S. The van der Waals surface area contributed by atoms with Gasteiger partial charge in [-0.1, -0.05) is 41.7 Å². The van der Waals surface area contributed by atoms with Crippen molar-refractivity contribution in [3.63, 3.8) is 0 Å². The SMILES string of the molecule is CC(CO)NC(=O)c1sc(-n2cccc2)nc1-c1ccccc1. The fraction of sp³-hybridized carbons (Fsp3) is 0.176. The zero-order chi connectivity index (χ0) is 16.2. The third-order valence-electron chi connectivity index (χ3n) is 3.35. The quantitative estimate of drug-likeness (QED) is 0.757. The highest BCUT2D eigenvalue weighted by molar-refractivity contribution is 7.16. The second kappa shape index (κ2) is 6.76. The first-order valence-electron chi connectivity index (χ1n) is 7.30. The van der Waals surface area contributed by atoms with E-state index in [1.807, 2.05) is 59.4 Å². The van der Waals surface area contributed by atoms with Crippen LogP contribution in [0.25, 0.3) is 16.4 Å². The Morgan fingerprint density at radius 1 is 1.26 bits per heavy atom. The third-order valence-corrected chi connectivity index (χ3v) is 4.41. The van der Waals surface area contributed by atoms with Crippen LogP contribution < -0.4 is 5.32 Å². The van der Waals surface area contributed by atoms with E-state index in [1.54, 1.807) is 6.92 Å². The number of benzene rings is 1. The number of aromatic nitrogens is 2. The van der Waals surface area contributed by atoms with Gasteiger partial charge in [-0.15, -0.1) is 0 Å². The lowest BCUT2D eigenvalue weighted by molar-refractivity contribution is 0.0927. The van der Waals surface area contributed by atoms with Crippen molar-refractivity contribution in [2.24, 2.45) is 0 Å². The van der Waals surface area contributed by atoms with E-state index in [1.165, 1.54) is 11.3 Å². The van der Waals surface area contributed by atoms with Crippen LogP contribution in [0, 0.1) is 0 Å². The van der Waals surface area contributed by atoms with Crippen molar-refractivity contribution in [1.29, 1.82) is 0 Å². The van der Waals surface area contributed by atoms with Crippen molar-refractivity contribution < 1.29 is 9.90 Å². The van der Waals surface area contributed by atoms with Crippen LogP contribution in [0.5, 0.6) is 0 Å². The summed E-state index contributed by atoms with van der Waals surface area (Å²) < 4.78 is 1.88. The van der Waals surface area contributed by atoms with Crippen LogP contribution in [0.2, 0.25) is 0 Å². The first-order valence-corrected chi connectivity index (χ1v) is 8.12. The van der Waals surface area contributed by atoms with E-state index >= 15 is 0 Å². The summed E-state index contributed by atoms with van der Waals surface area (Å²) in [6, 6.07) is 13.2. The minimum atomic E-state index is -0.303. The molecule has 0 bridgehead atoms. The minimum Gasteiger partial charge on any atom is -0.394 e. The van der Waals surface area contributed by atoms with Gasteiger partial charge in [-0.25, -0.2) is 4.98 Å². The molecule has 0 fully saturated rings. The number of aliphatic hydroxyl groups excluding tert-OH is 1. The van der Waals surface area contributed by atoms with Crippen molar-refractivity contribution in [3.8, 4) is 16.4 Å². The molecular weight excluding hydrogens is 310 g/mol. The molecule has 3 rings (SSSR count). The van der Waals surface area contributed by atoms with E-state index < -0.39 is 0 Å². The molecule has 0 radical (unpaired) electrons. The summed E-state index contributed by atoms with van der Waals surface area (Å²) in [6.45, 7) is 1.66. The Morgan fingerprint density at radius 2 is 1.96 bits per heavy atom. The second-order valence-electron chi connectivity index (χ2n) is 5.19. The van der Waals surface area contributed by atoms with Gasteiger partial charge < -0.3 is 15.0 Å². The standard InChI is InChI=1S/C17H17N3O2S/c1-12(11-21)18-16(22)15-14(13-7-3-2-4-8-13)19-17(23-15)20-9-5-6-10-20/h2-10,12,21H,11H2,1H3,(H,18,22). The second-order valence-corrected chi connectivity index (χ2v) is 6.17. The van der Waals surface area contributed by atoms with Gasteiger partial charge in [0, 0.05) is 24.0 Å². The van der Waals surface area contributed by atoms with Crippen molar-refractivity contribution in [2.45, 2.75) is 13.0 Å². The molecule has 1 unspecified atom stereocenters. The molecule has 118 valence electrons. The van der Waals surface area contributed by atoms with Gasteiger partial charge in [0.15, 0.2) is 5.13 Å². The Kier molecular flexibility index (Phi) is 4.55. The summed E-state index contributed by atoms with van der Waals surface area (Å²) in [5.41, 5.74) is 1.55. The molecule has 1 aromatic carbocycles. The van der Waals surface area contributed by atoms with E-state index in [0.29, 0.717) is 10.6 Å². The van der Waals surface area contributed by atoms with E-state index in [2.05, 4.69) is 10.3 Å². The topological polar surface area (TPSA) is 67.2 Å². The molecule has 0 spiro atoms.